The molecule has 1 aliphatic rings. The third kappa shape index (κ3) is 4.94. The minimum absolute atomic E-state index is 0.0626. The van der Waals surface area contributed by atoms with Crippen molar-refractivity contribution in [2.24, 2.45) is 0 Å². The van der Waals surface area contributed by atoms with Crippen LogP contribution in [0.5, 0.6) is 0 Å². The van der Waals surface area contributed by atoms with Gasteiger partial charge >= 0.3 is 0 Å². The minimum Gasteiger partial charge on any atom is -0.378 e. The van der Waals surface area contributed by atoms with Crippen LogP contribution in [0.1, 0.15) is 16.2 Å². The van der Waals surface area contributed by atoms with Gasteiger partial charge in [-0.15, -0.1) is 22.7 Å². The van der Waals surface area contributed by atoms with E-state index in [-0.39, 0.29) is 18.0 Å². The average molecular weight is 431 g/mol. The number of thiazole rings is 2. The van der Waals surface area contributed by atoms with Crippen LogP contribution in [-0.2, 0) is 16.0 Å². The summed E-state index contributed by atoms with van der Waals surface area (Å²) in [5.74, 6) is -0.812. The maximum atomic E-state index is 12.2. The fourth-order valence-corrected chi connectivity index (χ4v) is 4.35. The van der Waals surface area contributed by atoms with Crippen LogP contribution in [0.15, 0.2) is 35.3 Å². The summed E-state index contributed by atoms with van der Waals surface area (Å²) in [6.45, 7) is 2.80. The first kappa shape index (κ1) is 19.4. The van der Waals surface area contributed by atoms with E-state index in [4.69, 9.17) is 4.74 Å². The summed E-state index contributed by atoms with van der Waals surface area (Å²) in [6.07, 6.45) is 3.48. The first-order chi connectivity index (χ1) is 14.2. The smallest absolute Gasteiger partial charge is 0.289 e. The molecule has 9 nitrogen and oxygen atoms in total. The standard InChI is InChI=1S/C18H18N6O3S2/c25-15(8-13-10-28-17(20-13)12-2-1-3-19-9-12)22-23-16(26)14-11-29-18(21-14)24-4-6-27-7-5-24/h1-3,9-11H,4-8H2,(H,22,25)(H,23,26). The lowest BCUT2D eigenvalue weighted by molar-refractivity contribution is -0.121. The maximum Gasteiger partial charge on any atom is 0.289 e. The Morgan fingerprint density at radius 3 is 2.79 bits per heavy atom. The monoisotopic (exact) mass is 430 g/mol. The quantitative estimate of drug-likeness (QED) is 0.591. The van der Waals surface area contributed by atoms with Gasteiger partial charge in [0.25, 0.3) is 5.91 Å². The van der Waals surface area contributed by atoms with Gasteiger partial charge in [-0.3, -0.25) is 25.4 Å². The van der Waals surface area contributed by atoms with Crippen LogP contribution in [0.2, 0.25) is 0 Å². The molecule has 2 N–H and O–H groups in total. The maximum absolute atomic E-state index is 12.2. The normalized spacial score (nSPS) is 13.9. The molecule has 29 heavy (non-hydrogen) atoms. The minimum atomic E-state index is -0.455. The molecule has 0 aromatic carbocycles. The lowest BCUT2D eigenvalue weighted by atomic mass is 10.3. The number of nitrogens with zero attached hydrogens (tertiary/aromatic N) is 4. The Hall–Kier alpha value is -2.89. The van der Waals surface area contributed by atoms with E-state index < -0.39 is 5.91 Å². The Bertz CT molecular complexity index is 984. The van der Waals surface area contributed by atoms with Gasteiger partial charge in [-0.25, -0.2) is 9.97 Å². The van der Waals surface area contributed by atoms with Gasteiger partial charge in [0, 0.05) is 41.8 Å². The number of carbonyl (C=O) groups excluding carboxylic acids is 2. The third-order valence-corrected chi connectivity index (χ3v) is 5.97. The van der Waals surface area contributed by atoms with Crippen molar-refractivity contribution < 1.29 is 14.3 Å². The topological polar surface area (TPSA) is 109 Å². The van der Waals surface area contributed by atoms with Crippen LogP contribution in [-0.4, -0.2) is 53.1 Å². The summed E-state index contributed by atoms with van der Waals surface area (Å²) >= 11 is 2.84. The average Bonchev–Trinajstić information content (AvgIpc) is 3.43. The number of aromatic nitrogens is 3. The molecule has 0 bridgehead atoms. The van der Waals surface area contributed by atoms with Gasteiger partial charge in [0.2, 0.25) is 5.91 Å². The Labute approximate surface area is 174 Å². The Balaban J connectivity index is 1.28. The van der Waals surface area contributed by atoms with Gasteiger partial charge in [0.15, 0.2) is 5.13 Å². The number of hydrogen-bond donors (Lipinski definition) is 2. The molecule has 0 spiro atoms. The van der Waals surface area contributed by atoms with Crippen molar-refractivity contribution in [3.63, 3.8) is 0 Å². The van der Waals surface area contributed by atoms with Crippen molar-refractivity contribution in [1.82, 2.24) is 25.8 Å². The molecule has 11 heteroatoms. The van der Waals surface area contributed by atoms with Crippen molar-refractivity contribution in [3.05, 3.63) is 46.7 Å². The predicted octanol–water partition coefficient (Wildman–Crippen LogP) is 1.50. The Morgan fingerprint density at radius 1 is 1.14 bits per heavy atom. The van der Waals surface area contributed by atoms with E-state index in [0.29, 0.717) is 18.9 Å². The van der Waals surface area contributed by atoms with E-state index in [9.17, 15) is 9.59 Å². The number of anilines is 1. The van der Waals surface area contributed by atoms with E-state index in [0.717, 1.165) is 28.8 Å². The number of hydrazine groups is 1. The van der Waals surface area contributed by atoms with Crippen LogP contribution < -0.4 is 15.8 Å². The zero-order valence-corrected chi connectivity index (χ0v) is 17.0. The Kier molecular flexibility index (Phi) is 6.08. The zero-order chi connectivity index (χ0) is 20.1. The third-order valence-electron chi connectivity index (χ3n) is 4.12. The second-order valence-electron chi connectivity index (χ2n) is 6.18. The van der Waals surface area contributed by atoms with Crippen LogP contribution in [0.4, 0.5) is 5.13 Å². The van der Waals surface area contributed by atoms with Gasteiger partial charge in [0.1, 0.15) is 10.7 Å². The number of nitrogens with one attached hydrogen (secondary N) is 2. The molecule has 2 amide bonds. The molecular weight excluding hydrogens is 412 g/mol. The summed E-state index contributed by atoms with van der Waals surface area (Å²) in [7, 11) is 0. The fourth-order valence-electron chi connectivity index (χ4n) is 2.68. The number of pyridine rings is 1. The summed E-state index contributed by atoms with van der Waals surface area (Å²) in [5, 5.41) is 5.06. The molecular formula is C18H18N6O3S2. The number of hydrogen-bond acceptors (Lipinski definition) is 9. The highest BCUT2D eigenvalue weighted by atomic mass is 32.1. The summed E-state index contributed by atoms with van der Waals surface area (Å²) in [4.78, 5) is 39.3. The molecule has 150 valence electrons. The molecule has 0 unspecified atom stereocenters. The van der Waals surface area contributed by atoms with Crippen LogP contribution in [0.3, 0.4) is 0 Å². The van der Waals surface area contributed by atoms with Gasteiger partial charge in [-0.05, 0) is 12.1 Å². The van der Waals surface area contributed by atoms with Gasteiger partial charge in [-0.1, -0.05) is 0 Å². The number of ether oxygens (including phenoxy) is 1. The second-order valence-corrected chi connectivity index (χ2v) is 7.87. The molecule has 1 aliphatic heterocycles. The first-order valence-electron chi connectivity index (χ1n) is 8.91. The zero-order valence-electron chi connectivity index (χ0n) is 15.3. The SMILES string of the molecule is O=C(Cc1csc(-c2cccnc2)n1)NNC(=O)c1csc(N2CCOCC2)n1. The second kappa shape index (κ2) is 9.07. The van der Waals surface area contributed by atoms with Crippen molar-refractivity contribution in [2.45, 2.75) is 6.42 Å². The molecule has 4 heterocycles. The Morgan fingerprint density at radius 2 is 2.00 bits per heavy atom. The van der Waals surface area contributed by atoms with E-state index in [1.165, 1.54) is 22.7 Å². The van der Waals surface area contributed by atoms with Crippen LogP contribution in [0.25, 0.3) is 10.6 Å². The summed E-state index contributed by atoms with van der Waals surface area (Å²) < 4.78 is 5.32. The number of rotatable bonds is 5. The molecule has 3 aromatic heterocycles. The van der Waals surface area contributed by atoms with Crippen molar-refractivity contribution in [2.75, 3.05) is 31.2 Å². The highest BCUT2D eigenvalue weighted by molar-refractivity contribution is 7.14. The van der Waals surface area contributed by atoms with E-state index in [2.05, 4.69) is 30.7 Å². The number of morpholine rings is 1. The highest BCUT2D eigenvalue weighted by Gasteiger charge is 2.18. The molecule has 1 fully saturated rings. The first-order valence-corrected chi connectivity index (χ1v) is 10.7. The van der Waals surface area contributed by atoms with Gasteiger partial charge < -0.3 is 9.64 Å². The molecule has 0 saturated carbocycles. The largest absolute Gasteiger partial charge is 0.378 e. The van der Waals surface area contributed by atoms with Crippen LogP contribution >= 0.6 is 22.7 Å². The fraction of sp³-hybridized carbons (Fsp3) is 0.278. The van der Waals surface area contributed by atoms with Crippen molar-refractivity contribution in [3.8, 4) is 10.6 Å². The van der Waals surface area contributed by atoms with E-state index in [1.807, 2.05) is 17.5 Å². The van der Waals surface area contributed by atoms with E-state index >= 15 is 0 Å². The number of carbonyl (C=O) groups is 2. The molecule has 0 atom stereocenters. The molecule has 1 saturated heterocycles. The predicted molar refractivity (Wildman–Crippen MR) is 110 cm³/mol. The lowest BCUT2D eigenvalue weighted by Gasteiger charge is -2.25. The van der Waals surface area contributed by atoms with Crippen LogP contribution in [0, 0.1) is 0 Å². The molecule has 0 radical (unpaired) electrons. The van der Waals surface area contributed by atoms with Crippen molar-refractivity contribution >= 4 is 39.6 Å². The molecule has 4 rings (SSSR count). The van der Waals surface area contributed by atoms with Gasteiger partial charge in [-0.2, -0.15) is 0 Å². The highest BCUT2D eigenvalue weighted by Crippen LogP contribution is 2.23. The lowest BCUT2D eigenvalue weighted by Crippen LogP contribution is -2.42. The van der Waals surface area contributed by atoms with E-state index in [1.54, 1.807) is 17.8 Å². The summed E-state index contributed by atoms with van der Waals surface area (Å²) in [5.41, 5.74) is 6.61. The molecule has 0 aliphatic carbocycles. The van der Waals surface area contributed by atoms with Crippen molar-refractivity contribution in [1.29, 1.82) is 0 Å². The molecule has 3 aromatic rings. The van der Waals surface area contributed by atoms with Gasteiger partial charge in [0.05, 0.1) is 25.3 Å². The number of amides is 2. The summed E-state index contributed by atoms with van der Waals surface area (Å²) in [6, 6.07) is 3.75.